The van der Waals surface area contributed by atoms with Crippen molar-refractivity contribution in [3.8, 4) is 5.75 Å². The number of carboxylic acids is 1. The Hall–Kier alpha value is -2.82. The zero-order valence-corrected chi connectivity index (χ0v) is 13.2. The van der Waals surface area contributed by atoms with Crippen molar-refractivity contribution in [2.45, 2.75) is 25.8 Å². The summed E-state index contributed by atoms with van der Waals surface area (Å²) in [7, 11) is 0. The molecule has 0 aliphatic heterocycles. The standard InChI is InChI=1S/C19H19NO4/c21-16-7-5-13(6-8-16)12-20-18(24)19(11-17(22)23)9-14-3-1-2-4-15(14)10-19/h1-8,21H,9-12H2,(H,20,24)(H,22,23). The van der Waals surface area contributed by atoms with Gasteiger partial charge in [0.15, 0.2) is 0 Å². The van der Waals surface area contributed by atoms with Gasteiger partial charge in [0.25, 0.3) is 0 Å². The molecule has 0 atom stereocenters. The number of benzene rings is 2. The van der Waals surface area contributed by atoms with E-state index in [1.165, 1.54) is 0 Å². The highest BCUT2D eigenvalue weighted by atomic mass is 16.4. The number of phenolic OH excluding ortho intramolecular Hbond substituents is 1. The van der Waals surface area contributed by atoms with Crippen molar-refractivity contribution >= 4 is 11.9 Å². The lowest BCUT2D eigenvalue weighted by atomic mass is 9.80. The third-order valence-electron chi connectivity index (χ3n) is 4.54. The summed E-state index contributed by atoms with van der Waals surface area (Å²) in [6.45, 7) is 0.302. The summed E-state index contributed by atoms with van der Waals surface area (Å²) in [5.74, 6) is -1.05. The van der Waals surface area contributed by atoms with Gasteiger partial charge in [-0.15, -0.1) is 0 Å². The first-order valence-corrected chi connectivity index (χ1v) is 7.83. The van der Waals surface area contributed by atoms with Gasteiger partial charge in [0.05, 0.1) is 11.8 Å². The van der Waals surface area contributed by atoms with Gasteiger partial charge in [0, 0.05) is 6.54 Å². The fourth-order valence-electron chi connectivity index (χ4n) is 3.33. The first-order valence-electron chi connectivity index (χ1n) is 7.83. The third kappa shape index (κ3) is 3.25. The molecule has 0 fully saturated rings. The second kappa shape index (κ2) is 6.35. The van der Waals surface area contributed by atoms with Crippen LogP contribution >= 0.6 is 0 Å². The first kappa shape index (κ1) is 16.1. The lowest BCUT2D eigenvalue weighted by molar-refractivity contribution is -0.145. The van der Waals surface area contributed by atoms with E-state index < -0.39 is 11.4 Å². The fraction of sp³-hybridized carbons (Fsp3) is 0.263. The van der Waals surface area contributed by atoms with Gasteiger partial charge in [0.1, 0.15) is 5.75 Å². The smallest absolute Gasteiger partial charge is 0.304 e. The van der Waals surface area contributed by atoms with Crippen LogP contribution in [0.5, 0.6) is 5.75 Å². The Labute approximate surface area is 139 Å². The molecule has 124 valence electrons. The van der Waals surface area contributed by atoms with Crippen molar-refractivity contribution < 1.29 is 19.8 Å². The third-order valence-corrected chi connectivity index (χ3v) is 4.54. The van der Waals surface area contributed by atoms with Crippen molar-refractivity contribution in [1.29, 1.82) is 0 Å². The first-order chi connectivity index (χ1) is 11.5. The van der Waals surface area contributed by atoms with Crippen LogP contribution in [-0.2, 0) is 29.0 Å². The van der Waals surface area contributed by atoms with Gasteiger partial charge in [-0.25, -0.2) is 0 Å². The Morgan fingerprint density at radius 2 is 1.58 bits per heavy atom. The van der Waals surface area contributed by atoms with E-state index in [9.17, 15) is 19.8 Å². The molecular formula is C19H19NO4. The molecule has 0 spiro atoms. The van der Waals surface area contributed by atoms with E-state index in [0.29, 0.717) is 19.4 Å². The normalized spacial score (nSPS) is 14.8. The number of aliphatic carboxylic acids is 1. The number of hydrogen-bond donors (Lipinski definition) is 3. The lowest BCUT2D eigenvalue weighted by Crippen LogP contribution is -2.43. The van der Waals surface area contributed by atoms with E-state index in [1.54, 1.807) is 24.3 Å². The van der Waals surface area contributed by atoms with E-state index in [4.69, 9.17) is 0 Å². The number of hydrogen-bond acceptors (Lipinski definition) is 3. The fourth-order valence-corrected chi connectivity index (χ4v) is 3.33. The van der Waals surface area contributed by atoms with Crippen LogP contribution in [0.1, 0.15) is 23.1 Å². The summed E-state index contributed by atoms with van der Waals surface area (Å²) in [6, 6.07) is 14.3. The van der Waals surface area contributed by atoms with Crippen molar-refractivity contribution in [2.24, 2.45) is 5.41 Å². The van der Waals surface area contributed by atoms with Crippen LogP contribution in [0.15, 0.2) is 48.5 Å². The monoisotopic (exact) mass is 325 g/mol. The van der Waals surface area contributed by atoms with Gasteiger partial charge in [-0.1, -0.05) is 36.4 Å². The van der Waals surface area contributed by atoms with Gasteiger partial charge in [-0.05, 0) is 41.7 Å². The highest BCUT2D eigenvalue weighted by molar-refractivity contribution is 5.88. The number of carbonyl (C=O) groups is 2. The SMILES string of the molecule is O=C(O)CC1(C(=O)NCc2ccc(O)cc2)Cc2ccccc2C1. The minimum Gasteiger partial charge on any atom is -0.508 e. The zero-order chi connectivity index (χ0) is 17.2. The van der Waals surface area contributed by atoms with Crippen LogP contribution in [0.25, 0.3) is 0 Å². The predicted molar refractivity (Wildman–Crippen MR) is 88.5 cm³/mol. The Kier molecular flexibility index (Phi) is 4.25. The molecule has 0 saturated carbocycles. The van der Waals surface area contributed by atoms with Gasteiger partial charge in [0.2, 0.25) is 5.91 Å². The molecule has 5 nitrogen and oxygen atoms in total. The number of rotatable bonds is 5. The molecule has 1 aliphatic rings. The molecule has 3 N–H and O–H groups in total. The van der Waals surface area contributed by atoms with Crippen molar-refractivity contribution in [1.82, 2.24) is 5.32 Å². The molecule has 5 heteroatoms. The molecule has 3 rings (SSSR count). The molecule has 2 aromatic carbocycles. The van der Waals surface area contributed by atoms with E-state index in [0.717, 1.165) is 16.7 Å². The largest absolute Gasteiger partial charge is 0.508 e. The Balaban J connectivity index is 1.76. The Morgan fingerprint density at radius 1 is 1.00 bits per heavy atom. The zero-order valence-electron chi connectivity index (χ0n) is 13.2. The second-order valence-corrected chi connectivity index (χ2v) is 6.32. The molecule has 0 radical (unpaired) electrons. The van der Waals surface area contributed by atoms with Gasteiger partial charge in [-0.2, -0.15) is 0 Å². The highest BCUT2D eigenvalue weighted by Gasteiger charge is 2.45. The maximum absolute atomic E-state index is 12.8. The number of aromatic hydroxyl groups is 1. The van der Waals surface area contributed by atoms with Gasteiger partial charge < -0.3 is 15.5 Å². The van der Waals surface area contributed by atoms with E-state index in [1.807, 2.05) is 24.3 Å². The average molecular weight is 325 g/mol. The number of amides is 1. The molecule has 2 aromatic rings. The minimum absolute atomic E-state index is 0.165. The van der Waals surface area contributed by atoms with E-state index in [2.05, 4.69) is 5.32 Å². The lowest BCUT2D eigenvalue weighted by Gasteiger charge is -2.26. The van der Waals surface area contributed by atoms with Crippen LogP contribution in [0.2, 0.25) is 0 Å². The number of nitrogens with one attached hydrogen (secondary N) is 1. The van der Waals surface area contributed by atoms with Gasteiger partial charge in [-0.3, -0.25) is 9.59 Å². The summed E-state index contributed by atoms with van der Waals surface area (Å²) in [5.41, 5.74) is 1.99. The molecule has 0 aromatic heterocycles. The number of phenols is 1. The maximum atomic E-state index is 12.8. The van der Waals surface area contributed by atoms with Crippen LogP contribution in [-0.4, -0.2) is 22.1 Å². The van der Waals surface area contributed by atoms with Crippen molar-refractivity contribution in [3.05, 3.63) is 65.2 Å². The summed E-state index contributed by atoms with van der Waals surface area (Å²) in [4.78, 5) is 24.1. The van der Waals surface area contributed by atoms with Crippen LogP contribution in [0.3, 0.4) is 0 Å². The summed E-state index contributed by atoms with van der Waals surface area (Å²) < 4.78 is 0. The van der Waals surface area contributed by atoms with Crippen molar-refractivity contribution in [3.63, 3.8) is 0 Å². The average Bonchev–Trinajstić information content (AvgIpc) is 2.92. The van der Waals surface area contributed by atoms with Crippen LogP contribution in [0.4, 0.5) is 0 Å². The molecule has 0 heterocycles. The number of carbonyl (C=O) groups excluding carboxylic acids is 1. The van der Waals surface area contributed by atoms with Gasteiger partial charge >= 0.3 is 5.97 Å². The molecule has 1 amide bonds. The predicted octanol–water partition coefficient (Wildman–Crippen LogP) is 2.27. The summed E-state index contributed by atoms with van der Waals surface area (Å²) >= 11 is 0. The Morgan fingerprint density at radius 3 is 2.12 bits per heavy atom. The highest BCUT2D eigenvalue weighted by Crippen LogP contribution is 2.40. The molecule has 1 aliphatic carbocycles. The molecule has 0 saturated heterocycles. The van der Waals surface area contributed by atoms with E-state index in [-0.39, 0.29) is 18.1 Å². The van der Waals surface area contributed by atoms with Crippen molar-refractivity contribution in [2.75, 3.05) is 0 Å². The Bertz CT molecular complexity index is 742. The number of carboxylic acid groups (broad SMARTS) is 1. The molecular weight excluding hydrogens is 306 g/mol. The van der Waals surface area contributed by atoms with Crippen LogP contribution < -0.4 is 5.32 Å². The van der Waals surface area contributed by atoms with E-state index >= 15 is 0 Å². The number of fused-ring (bicyclic) bond motifs is 1. The minimum atomic E-state index is -0.970. The van der Waals surface area contributed by atoms with Crippen LogP contribution in [0, 0.1) is 5.41 Å². The summed E-state index contributed by atoms with van der Waals surface area (Å²) in [5, 5.41) is 21.4. The quantitative estimate of drug-likeness (QED) is 0.787. The second-order valence-electron chi connectivity index (χ2n) is 6.32. The molecule has 24 heavy (non-hydrogen) atoms. The molecule has 0 unspecified atom stereocenters. The summed E-state index contributed by atoms with van der Waals surface area (Å²) in [6.07, 6.45) is 0.691. The molecule has 0 bridgehead atoms. The topological polar surface area (TPSA) is 86.6 Å². The maximum Gasteiger partial charge on any atom is 0.304 e.